The van der Waals surface area contributed by atoms with Gasteiger partial charge in [0.1, 0.15) is 22.7 Å². The number of hydrogen-bond acceptors (Lipinski definition) is 8. The van der Waals surface area contributed by atoms with E-state index in [9.17, 15) is 9.59 Å². The summed E-state index contributed by atoms with van der Waals surface area (Å²) in [6, 6.07) is 8.84. The highest BCUT2D eigenvalue weighted by Gasteiger charge is 2.23. The lowest BCUT2D eigenvalue weighted by molar-refractivity contribution is 0.0930. The van der Waals surface area contributed by atoms with Crippen molar-refractivity contribution in [1.29, 1.82) is 0 Å². The molecule has 188 valence electrons. The molecule has 10 nitrogen and oxygen atoms in total. The molecular weight excluding hydrogens is 458 g/mol. The van der Waals surface area contributed by atoms with E-state index in [-0.39, 0.29) is 35.2 Å². The van der Waals surface area contributed by atoms with E-state index in [1.54, 1.807) is 24.5 Å². The van der Waals surface area contributed by atoms with Gasteiger partial charge in [-0.25, -0.2) is 4.98 Å². The number of benzene rings is 1. The third-order valence-corrected chi connectivity index (χ3v) is 5.21. The van der Waals surface area contributed by atoms with E-state index in [2.05, 4.69) is 30.7 Å². The van der Waals surface area contributed by atoms with Gasteiger partial charge < -0.3 is 15.4 Å². The van der Waals surface area contributed by atoms with Crippen molar-refractivity contribution in [2.24, 2.45) is 11.0 Å². The number of carbonyl (C=O) groups excluding carboxylic acids is 2. The Morgan fingerprint density at radius 2 is 1.75 bits per heavy atom. The number of nitrogens with one attached hydrogen (secondary N) is 2. The SMILES string of the molecule is CC(C)NC(=O)c1cc(OC(C)(C)C)cc(C(=O)NCC2C=NN(c3ccc4nccnc4c3)C2)n1. The van der Waals surface area contributed by atoms with Gasteiger partial charge in [-0.2, -0.15) is 5.10 Å². The van der Waals surface area contributed by atoms with Gasteiger partial charge in [0, 0.05) is 49.2 Å². The number of hydrogen-bond donors (Lipinski definition) is 2. The Morgan fingerprint density at radius 3 is 2.44 bits per heavy atom. The summed E-state index contributed by atoms with van der Waals surface area (Å²) in [6.45, 7) is 10.4. The van der Waals surface area contributed by atoms with Gasteiger partial charge in [0.15, 0.2) is 0 Å². The number of ether oxygens (including phenoxy) is 1. The van der Waals surface area contributed by atoms with Crippen molar-refractivity contribution in [3.63, 3.8) is 0 Å². The third kappa shape index (κ3) is 6.32. The number of amides is 2. The maximum absolute atomic E-state index is 13.0. The Kier molecular flexibility index (Phi) is 7.14. The molecule has 3 aromatic rings. The first-order chi connectivity index (χ1) is 17.1. The highest BCUT2D eigenvalue weighted by atomic mass is 16.5. The highest BCUT2D eigenvalue weighted by molar-refractivity contribution is 5.97. The molecular formula is C26H31N7O3. The fourth-order valence-electron chi connectivity index (χ4n) is 3.69. The molecule has 2 N–H and O–H groups in total. The molecule has 0 saturated carbocycles. The second-order valence-corrected chi connectivity index (χ2v) is 9.96. The fraction of sp³-hybridized carbons (Fsp3) is 0.385. The predicted molar refractivity (Wildman–Crippen MR) is 138 cm³/mol. The van der Waals surface area contributed by atoms with Gasteiger partial charge in [0.2, 0.25) is 0 Å². The summed E-state index contributed by atoms with van der Waals surface area (Å²) in [5.41, 5.74) is 2.26. The maximum atomic E-state index is 13.0. The van der Waals surface area contributed by atoms with Gasteiger partial charge >= 0.3 is 0 Å². The number of hydrazone groups is 1. The zero-order valence-corrected chi connectivity index (χ0v) is 21.1. The van der Waals surface area contributed by atoms with Crippen LogP contribution in [0.15, 0.2) is 47.8 Å². The van der Waals surface area contributed by atoms with E-state index in [0.717, 1.165) is 16.7 Å². The molecule has 1 aliphatic rings. The minimum Gasteiger partial charge on any atom is -0.488 e. The number of rotatable bonds is 7. The van der Waals surface area contributed by atoms with Crippen molar-refractivity contribution in [2.45, 2.75) is 46.3 Å². The number of nitrogens with zero attached hydrogens (tertiary/aromatic N) is 5. The third-order valence-electron chi connectivity index (χ3n) is 5.21. The Hall–Kier alpha value is -4.08. The van der Waals surface area contributed by atoms with Crippen molar-refractivity contribution in [2.75, 3.05) is 18.1 Å². The van der Waals surface area contributed by atoms with E-state index >= 15 is 0 Å². The van der Waals surface area contributed by atoms with Gasteiger partial charge in [-0.1, -0.05) is 0 Å². The molecule has 0 fully saturated rings. The van der Waals surface area contributed by atoms with Crippen molar-refractivity contribution in [3.05, 3.63) is 54.1 Å². The van der Waals surface area contributed by atoms with Crippen LogP contribution in [0.2, 0.25) is 0 Å². The molecule has 0 radical (unpaired) electrons. The molecule has 2 aromatic heterocycles. The highest BCUT2D eigenvalue weighted by Crippen LogP contribution is 2.23. The van der Waals surface area contributed by atoms with Gasteiger partial charge in [-0.05, 0) is 52.8 Å². The molecule has 0 bridgehead atoms. The topological polar surface area (TPSA) is 122 Å². The van der Waals surface area contributed by atoms with Crippen LogP contribution in [0.5, 0.6) is 5.75 Å². The Bertz CT molecular complexity index is 1300. The molecule has 0 aliphatic carbocycles. The summed E-state index contributed by atoms with van der Waals surface area (Å²) >= 11 is 0. The maximum Gasteiger partial charge on any atom is 0.270 e. The van der Waals surface area contributed by atoms with Crippen LogP contribution in [0.25, 0.3) is 11.0 Å². The number of anilines is 1. The summed E-state index contributed by atoms with van der Waals surface area (Å²) in [5.74, 6) is -0.341. The van der Waals surface area contributed by atoms with Crippen LogP contribution < -0.4 is 20.4 Å². The molecule has 1 aliphatic heterocycles. The molecule has 1 atom stereocenters. The lowest BCUT2D eigenvalue weighted by Crippen LogP contribution is -2.34. The van der Waals surface area contributed by atoms with Crippen LogP contribution >= 0.6 is 0 Å². The first-order valence-corrected chi connectivity index (χ1v) is 11.9. The van der Waals surface area contributed by atoms with Crippen LogP contribution in [0.3, 0.4) is 0 Å². The molecule has 36 heavy (non-hydrogen) atoms. The van der Waals surface area contributed by atoms with Gasteiger partial charge in [0.05, 0.1) is 23.3 Å². The lowest BCUT2D eigenvalue weighted by Gasteiger charge is -2.22. The minimum absolute atomic E-state index is 0.00391. The Balaban J connectivity index is 1.42. The molecule has 1 aromatic carbocycles. The first kappa shape index (κ1) is 25.0. The second kappa shape index (κ2) is 10.3. The predicted octanol–water partition coefficient (Wildman–Crippen LogP) is 3.19. The first-order valence-electron chi connectivity index (χ1n) is 11.9. The Labute approximate surface area is 210 Å². The fourth-order valence-corrected chi connectivity index (χ4v) is 3.69. The number of fused-ring (bicyclic) bond motifs is 1. The summed E-state index contributed by atoms with van der Waals surface area (Å²) in [4.78, 5) is 38.5. The molecule has 4 rings (SSSR count). The van der Waals surface area contributed by atoms with Crippen LogP contribution in [0, 0.1) is 5.92 Å². The van der Waals surface area contributed by atoms with Crippen LogP contribution in [0.1, 0.15) is 55.6 Å². The minimum atomic E-state index is -0.501. The van der Waals surface area contributed by atoms with E-state index < -0.39 is 5.60 Å². The van der Waals surface area contributed by atoms with Crippen molar-refractivity contribution < 1.29 is 14.3 Å². The summed E-state index contributed by atoms with van der Waals surface area (Å²) < 4.78 is 5.92. The lowest BCUT2D eigenvalue weighted by atomic mass is 10.1. The summed E-state index contributed by atoms with van der Waals surface area (Å²) in [7, 11) is 0. The molecule has 2 amide bonds. The summed E-state index contributed by atoms with van der Waals surface area (Å²) in [6.07, 6.45) is 5.13. The van der Waals surface area contributed by atoms with Crippen LogP contribution in [-0.2, 0) is 0 Å². The Morgan fingerprint density at radius 1 is 1.06 bits per heavy atom. The number of pyridine rings is 1. The molecule has 0 spiro atoms. The average Bonchev–Trinajstić information content (AvgIpc) is 3.29. The van der Waals surface area contributed by atoms with Crippen LogP contribution in [-0.4, -0.2) is 57.7 Å². The van der Waals surface area contributed by atoms with Crippen molar-refractivity contribution in [1.82, 2.24) is 25.6 Å². The van der Waals surface area contributed by atoms with Crippen LogP contribution in [0.4, 0.5) is 5.69 Å². The van der Waals surface area contributed by atoms with Gasteiger partial charge in [-0.15, -0.1) is 0 Å². The quantitative estimate of drug-likeness (QED) is 0.523. The zero-order valence-electron chi connectivity index (χ0n) is 21.1. The molecule has 1 unspecified atom stereocenters. The number of aromatic nitrogens is 3. The standard InChI is InChI=1S/C26H31N7O3/c1-16(2)31-25(35)23-12-19(36-26(3,4)5)11-22(32-23)24(34)29-13-17-14-30-33(15-17)18-6-7-20-21(10-18)28-9-8-27-20/h6-12,14,16-17H,13,15H2,1-5H3,(H,29,34)(H,31,35). The van der Waals surface area contributed by atoms with Gasteiger partial charge in [0.25, 0.3) is 11.8 Å². The largest absolute Gasteiger partial charge is 0.488 e. The smallest absolute Gasteiger partial charge is 0.270 e. The van der Waals surface area contributed by atoms with Crippen molar-refractivity contribution in [3.8, 4) is 5.75 Å². The van der Waals surface area contributed by atoms with E-state index in [0.29, 0.717) is 18.8 Å². The monoisotopic (exact) mass is 489 g/mol. The molecule has 10 heteroatoms. The van der Waals surface area contributed by atoms with Crippen molar-refractivity contribution >= 4 is 34.7 Å². The normalized spacial score (nSPS) is 15.4. The number of carbonyl (C=O) groups is 2. The zero-order chi connectivity index (χ0) is 25.9. The molecule has 3 heterocycles. The van der Waals surface area contributed by atoms with E-state index in [4.69, 9.17) is 4.74 Å². The van der Waals surface area contributed by atoms with E-state index in [1.165, 1.54) is 0 Å². The average molecular weight is 490 g/mol. The summed E-state index contributed by atoms with van der Waals surface area (Å²) in [5, 5.41) is 12.1. The molecule has 0 saturated heterocycles. The van der Waals surface area contributed by atoms with E-state index in [1.807, 2.05) is 64.0 Å². The second-order valence-electron chi connectivity index (χ2n) is 9.96. The van der Waals surface area contributed by atoms with Gasteiger partial charge in [-0.3, -0.25) is 24.6 Å².